The second-order valence-corrected chi connectivity index (χ2v) is 7.37. The Hall–Kier alpha value is -2.37. The number of ether oxygens (including phenoxy) is 1. The number of likely N-dealkylation sites (N-methyl/N-ethyl adjacent to an activating group) is 1. The predicted molar refractivity (Wildman–Crippen MR) is 116 cm³/mol. The Labute approximate surface area is 168 Å². The van der Waals surface area contributed by atoms with Crippen molar-refractivity contribution in [2.24, 2.45) is 7.05 Å². The largest absolute Gasteiger partial charge is 0.489 e. The fourth-order valence-corrected chi connectivity index (χ4v) is 3.17. The molecule has 0 spiro atoms. The third-order valence-corrected chi connectivity index (χ3v) is 4.84. The Morgan fingerprint density at radius 2 is 1.93 bits per heavy atom. The number of halogens is 1. The zero-order valence-electron chi connectivity index (χ0n) is 15.7. The molecule has 2 aromatic carbocycles. The third-order valence-electron chi connectivity index (χ3n) is 4.31. The number of hydrogen-bond acceptors (Lipinski definition) is 3. The molecule has 0 amide bonds. The van der Waals surface area contributed by atoms with Crippen molar-refractivity contribution in [2.45, 2.75) is 0 Å². The van der Waals surface area contributed by atoms with Gasteiger partial charge in [0, 0.05) is 41.6 Å². The summed E-state index contributed by atoms with van der Waals surface area (Å²) < 4.78 is 8.83. The van der Waals surface area contributed by atoms with Crippen molar-refractivity contribution < 1.29 is 4.74 Å². The van der Waals surface area contributed by atoms with Gasteiger partial charge in [-0.1, -0.05) is 46.3 Å². The molecule has 0 aliphatic carbocycles. The van der Waals surface area contributed by atoms with Gasteiger partial charge in [-0.3, -0.25) is 9.58 Å². The zero-order chi connectivity index (χ0) is 19.2. The Bertz CT molecular complexity index is 944. The molecule has 0 fully saturated rings. The zero-order valence-corrected chi connectivity index (χ0v) is 17.3. The molecule has 0 unspecified atom stereocenters. The van der Waals surface area contributed by atoms with E-state index in [2.05, 4.69) is 58.7 Å². The van der Waals surface area contributed by atoms with Crippen LogP contribution in [0.5, 0.6) is 5.75 Å². The van der Waals surface area contributed by atoms with E-state index in [1.165, 1.54) is 0 Å². The molecule has 5 heteroatoms. The number of rotatable bonds is 8. The first kappa shape index (κ1) is 19.4. The van der Waals surface area contributed by atoms with E-state index in [9.17, 15) is 0 Å². The molecule has 0 aliphatic heterocycles. The van der Waals surface area contributed by atoms with Crippen LogP contribution in [0.3, 0.4) is 0 Å². The van der Waals surface area contributed by atoms with Crippen molar-refractivity contribution in [1.82, 2.24) is 14.7 Å². The van der Waals surface area contributed by atoms with Gasteiger partial charge >= 0.3 is 0 Å². The molecule has 1 aromatic heterocycles. The van der Waals surface area contributed by atoms with Crippen LogP contribution < -0.4 is 4.74 Å². The molecule has 1 heterocycles. The predicted octanol–water partition coefficient (Wildman–Crippen LogP) is 5.06. The summed E-state index contributed by atoms with van der Waals surface area (Å²) in [6.45, 7) is 6.05. The monoisotopic (exact) mass is 425 g/mol. The highest BCUT2D eigenvalue weighted by Gasteiger charge is 2.11. The maximum Gasteiger partial charge on any atom is 0.121 e. The number of nitrogens with zero attached hydrogens (tertiary/aromatic N) is 3. The lowest BCUT2D eigenvalue weighted by molar-refractivity contribution is 0.360. The summed E-state index contributed by atoms with van der Waals surface area (Å²) in [4.78, 5) is 2.18. The van der Waals surface area contributed by atoms with Crippen molar-refractivity contribution in [3.05, 3.63) is 71.7 Å². The molecule has 0 saturated carbocycles. The second-order valence-electron chi connectivity index (χ2n) is 6.45. The van der Waals surface area contributed by atoms with Gasteiger partial charge in [0.1, 0.15) is 18.1 Å². The first-order chi connectivity index (χ1) is 13.1. The van der Waals surface area contributed by atoms with Crippen LogP contribution in [0.1, 0.15) is 0 Å². The molecule has 0 N–H and O–H groups in total. The highest BCUT2D eigenvalue weighted by molar-refractivity contribution is 9.10. The molecule has 0 radical (unpaired) electrons. The van der Waals surface area contributed by atoms with E-state index in [0.29, 0.717) is 6.61 Å². The van der Waals surface area contributed by atoms with Crippen LogP contribution in [-0.2, 0) is 7.05 Å². The standard InChI is InChI=1S/C22H24BrN3O/c1-4-13-25(2)14-5-6-15-27-19-11-12-20-21(16-19)26(3)24-22(20)17-7-9-18(23)10-8-17/h4-12,16H,1,13-15H2,2-3H3. The summed E-state index contributed by atoms with van der Waals surface area (Å²) in [5.41, 5.74) is 3.14. The van der Waals surface area contributed by atoms with Crippen LogP contribution in [-0.4, -0.2) is 41.4 Å². The van der Waals surface area contributed by atoms with Crippen molar-refractivity contribution in [3.63, 3.8) is 0 Å². The Morgan fingerprint density at radius 3 is 2.67 bits per heavy atom. The first-order valence-corrected chi connectivity index (χ1v) is 9.67. The molecular formula is C22H24BrN3O. The molecule has 0 atom stereocenters. The van der Waals surface area contributed by atoms with Crippen LogP contribution >= 0.6 is 15.9 Å². The molecule has 27 heavy (non-hydrogen) atoms. The van der Waals surface area contributed by atoms with Crippen LogP contribution in [0, 0.1) is 0 Å². The van der Waals surface area contributed by atoms with Gasteiger partial charge in [0.15, 0.2) is 0 Å². The molecule has 0 bridgehead atoms. The maximum atomic E-state index is 5.87. The molecule has 0 saturated heterocycles. The summed E-state index contributed by atoms with van der Waals surface area (Å²) in [6.07, 6.45) is 6.05. The Kier molecular flexibility index (Phi) is 6.48. The van der Waals surface area contributed by atoms with Crippen molar-refractivity contribution in [1.29, 1.82) is 0 Å². The van der Waals surface area contributed by atoms with Gasteiger partial charge in [0.25, 0.3) is 0 Å². The van der Waals surface area contributed by atoms with E-state index in [4.69, 9.17) is 9.84 Å². The Morgan fingerprint density at radius 1 is 1.15 bits per heavy atom. The van der Waals surface area contributed by atoms with Crippen LogP contribution in [0.2, 0.25) is 0 Å². The van der Waals surface area contributed by atoms with E-state index >= 15 is 0 Å². The molecule has 3 aromatic rings. The maximum absolute atomic E-state index is 5.87. The summed E-state index contributed by atoms with van der Waals surface area (Å²) in [7, 11) is 4.02. The van der Waals surface area contributed by atoms with Crippen LogP contribution in [0.4, 0.5) is 0 Å². The minimum Gasteiger partial charge on any atom is -0.489 e. The smallest absolute Gasteiger partial charge is 0.121 e. The topological polar surface area (TPSA) is 30.3 Å². The SMILES string of the molecule is C=CCN(C)CC=CCOc1ccc2c(-c3ccc(Br)cc3)nn(C)c2c1. The molecule has 0 aliphatic rings. The van der Waals surface area contributed by atoms with Crippen LogP contribution in [0.15, 0.2) is 71.7 Å². The Balaban J connectivity index is 1.71. The number of hydrogen-bond donors (Lipinski definition) is 0. The van der Waals surface area contributed by atoms with Gasteiger partial charge < -0.3 is 4.74 Å². The van der Waals surface area contributed by atoms with E-state index in [1.807, 2.05) is 48.1 Å². The lowest BCUT2D eigenvalue weighted by Gasteiger charge is -2.10. The number of benzene rings is 2. The molecule has 3 rings (SSSR count). The average Bonchev–Trinajstić information content (AvgIpc) is 2.99. The van der Waals surface area contributed by atoms with Crippen LogP contribution in [0.25, 0.3) is 22.2 Å². The van der Waals surface area contributed by atoms with Gasteiger partial charge in [-0.05, 0) is 31.3 Å². The number of fused-ring (bicyclic) bond motifs is 1. The molecule has 140 valence electrons. The minimum absolute atomic E-state index is 0.546. The fourth-order valence-electron chi connectivity index (χ4n) is 2.91. The van der Waals surface area contributed by atoms with E-state index < -0.39 is 0 Å². The quantitative estimate of drug-likeness (QED) is 0.472. The third kappa shape index (κ3) is 4.87. The fraction of sp³-hybridized carbons (Fsp3) is 0.227. The minimum atomic E-state index is 0.546. The van der Waals surface area contributed by atoms with E-state index in [1.54, 1.807) is 0 Å². The molecular weight excluding hydrogens is 402 g/mol. The summed E-state index contributed by atoms with van der Waals surface area (Å²) in [6, 6.07) is 14.3. The summed E-state index contributed by atoms with van der Waals surface area (Å²) >= 11 is 3.48. The highest BCUT2D eigenvalue weighted by atomic mass is 79.9. The lowest BCUT2D eigenvalue weighted by atomic mass is 10.1. The number of aryl methyl sites for hydroxylation is 1. The lowest BCUT2D eigenvalue weighted by Crippen LogP contribution is -2.17. The average molecular weight is 426 g/mol. The summed E-state index contributed by atoms with van der Waals surface area (Å²) in [5, 5.41) is 5.81. The van der Waals surface area contributed by atoms with Crippen molar-refractivity contribution in [2.75, 3.05) is 26.7 Å². The van der Waals surface area contributed by atoms with Gasteiger partial charge in [0.2, 0.25) is 0 Å². The second kappa shape index (κ2) is 9.02. The van der Waals surface area contributed by atoms with E-state index in [0.717, 1.165) is 45.5 Å². The highest BCUT2D eigenvalue weighted by Crippen LogP contribution is 2.30. The van der Waals surface area contributed by atoms with Gasteiger partial charge in [0.05, 0.1) is 5.52 Å². The number of aromatic nitrogens is 2. The van der Waals surface area contributed by atoms with E-state index in [-0.39, 0.29) is 0 Å². The first-order valence-electron chi connectivity index (χ1n) is 8.88. The molecule has 4 nitrogen and oxygen atoms in total. The van der Waals surface area contributed by atoms with Gasteiger partial charge in [-0.25, -0.2) is 0 Å². The van der Waals surface area contributed by atoms with Gasteiger partial charge in [-0.15, -0.1) is 6.58 Å². The summed E-state index contributed by atoms with van der Waals surface area (Å²) in [5.74, 6) is 0.844. The normalized spacial score (nSPS) is 11.6. The van der Waals surface area contributed by atoms with Crippen molar-refractivity contribution in [3.8, 4) is 17.0 Å². The van der Waals surface area contributed by atoms with Crippen molar-refractivity contribution >= 4 is 26.8 Å². The van der Waals surface area contributed by atoms with Gasteiger partial charge in [-0.2, -0.15) is 5.10 Å².